The summed E-state index contributed by atoms with van der Waals surface area (Å²) in [5, 5.41) is 5.25. The average Bonchev–Trinajstić information content (AvgIpc) is 2.68. The summed E-state index contributed by atoms with van der Waals surface area (Å²) in [7, 11) is -1.47. The van der Waals surface area contributed by atoms with Crippen LogP contribution in [-0.2, 0) is 9.84 Å². The molecule has 0 aliphatic carbocycles. The van der Waals surface area contributed by atoms with E-state index in [9.17, 15) is 17.2 Å². The summed E-state index contributed by atoms with van der Waals surface area (Å²) < 4.78 is 49.3. The van der Waals surface area contributed by atoms with Crippen LogP contribution in [-0.4, -0.2) is 38.5 Å². The Kier molecular flexibility index (Phi) is 3.88. The van der Waals surface area contributed by atoms with Gasteiger partial charge >= 0.3 is 0 Å². The fraction of sp³-hybridized carbons (Fsp3) is 0.545. The molecule has 1 aromatic heterocycles. The van der Waals surface area contributed by atoms with E-state index in [1.165, 1.54) is 7.05 Å². The molecule has 0 radical (unpaired) electrons. The number of aromatic nitrogens is 1. The first-order valence-electron chi connectivity index (χ1n) is 5.89. The number of halogens is 2. The Morgan fingerprint density at radius 1 is 1.37 bits per heavy atom. The van der Waals surface area contributed by atoms with E-state index in [4.69, 9.17) is 0 Å². The van der Waals surface area contributed by atoms with Gasteiger partial charge in [0.05, 0.1) is 11.5 Å². The van der Waals surface area contributed by atoms with Crippen LogP contribution in [0.5, 0.6) is 0 Å². The second kappa shape index (κ2) is 5.28. The van der Waals surface area contributed by atoms with Gasteiger partial charge in [-0.25, -0.2) is 22.2 Å². The van der Waals surface area contributed by atoms with E-state index in [0.717, 1.165) is 6.07 Å². The Morgan fingerprint density at radius 3 is 2.63 bits per heavy atom. The summed E-state index contributed by atoms with van der Waals surface area (Å²) >= 11 is 0. The van der Waals surface area contributed by atoms with Crippen LogP contribution in [0, 0.1) is 17.6 Å². The highest BCUT2D eigenvalue weighted by Gasteiger charge is 2.27. The van der Waals surface area contributed by atoms with Crippen molar-refractivity contribution in [2.24, 2.45) is 5.92 Å². The summed E-state index contributed by atoms with van der Waals surface area (Å²) in [5.41, 5.74) is 0. The van der Waals surface area contributed by atoms with Crippen LogP contribution in [0.25, 0.3) is 0 Å². The largest absolute Gasteiger partial charge is 0.371 e. The zero-order valence-electron chi connectivity index (χ0n) is 10.4. The molecule has 1 fully saturated rings. The van der Waals surface area contributed by atoms with Gasteiger partial charge in [-0.15, -0.1) is 0 Å². The summed E-state index contributed by atoms with van der Waals surface area (Å²) in [5.74, 6) is -1.49. The van der Waals surface area contributed by atoms with Crippen molar-refractivity contribution in [1.29, 1.82) is 0 Å². The molecule has 1 aliphatic heterocycles. The maximum Gasteiger partial charge on any atom is 0.168 e. The highest BCUT2D eigenvalue weighted by atomic mass is 32.2. The number of hydrogen-bond donors (Lipinski definition) is 2. The van der Waals surface area contributed by atoms with E-state index in [1.54, 1.807) is 0 Å². The molecule has 0 aromatic carbocycles. The Morgan fingerprint density at radius 2 is 2.05 bits per heavy atom. The van der Waals surface area contributed by atoms with Crippen molar-refractivity contribution in [3.8, 4) is 0 Å². The van der Waals surface area contributed by atoms with E-state index in [0.29, 0.717) is 13.0 Å². The third-order valence-corrected chi connectivity index (χ3v) is 4.89. The second-order valence-corrected chi connectivity index (χ2v) is 6.78. The molecule has 5 nitrogen and oxygen atoms in total. The molecule has 1 atom stereocenters. The Balaban J connectivity index is 2.04. The molecule has 1 unspecified atom stereocenters. The van der Waals surface area contributed by atoms with Crippen LogP contribution in [0.15, 0.2) is 6.07 Å². The fourth-order valence-corrected chi connectivity index (χ4v) is 3.90. The van der Waals surface area contributed by atoms with Gasteiger partial charge in [-0.3, -0.25) is 0 Å². The average molecular weight is 291 g/mol. The molecule has 2 heterocycles. The number of rotatable bonds is 4. The van der Waals surface area contributed by atoms with E-state index in [2.05, 4.69) is 15.6 Å². The number of nitrogens with zero attached hydrogens (tertiary/aromatic N) is 1. The molecule has 0 bridgehead atoms. The Labute approximate surface area is 110 Å². The van der Waals surface area contributed by atoms with Gasteiger partial charge in [-0.2, -0.15) is 0 Å². The van der Waals surface area contributed by atoms with Crippen molar-refractivity contribution >= 4 is 21.5 Å². The van der Waals surface area contributed by atoms with E-state index < -0.39 is 21.5 Å². The first-order chi connectivity index (χ1) is 8.91. The maximum atomic E-state index is 13.5. The van der Waals surface area contributed by atoms with Gasteiger partial charge in [-0.1, -0.05) is 0 Å². The van der Waals surface area contributed by atoms with E-state index >= 15 is 0 Å². The summed E-state index contributed by atoms with van der Waals surface area (Å²) in [6, 6.07) is 0.743. The molecule has 1 saturated heterocycles. The SMILES string of the molecule is CNc1nc(NCC2CCS(=O)(=O)C2)c(F)cc1F. The number of anilines is 2. The third-order valence-electron chi connectivity index (χ3n) is 3.05. The van der Waals surface area contributed by atoms with Crippen molar-refractivity contribution in [2.45, 2.75) is 6.42 Å². The smallest absolute Gasteiger partial charge is 0.168 e. The van der Waals surface area contributed by atoms with Gasteiger partial charge in [0.1, 0.15) is 0 Å². The van der Waals surface area contributed by atoms with Crippen molar-refractivity contribution in [1.82, 2.24) is 4.98 Å². The van der Waals surface area contributed by atoms with Crippen LogP contribution in [0.1, 0.15) is 6.42 Å². The molecule has 2 N–H and O–H groups in total. The molecule has 8 heteroatoms. The van der Waals surface area contributed by atoms with Crippen LogP contribution >= 0.6 is 0 Å². The maximum absolute atomic E-state index is 13.5. The van der Waals surface area contributed by atoms with Gasteiger partial charge < -0.3 is 10.6 Å². The van der Waals surface area contributed by atoms with Crippen LogP contribution in [0.2, 0.25) is 0 Å². The fourth-order valence-electron chi connectivity index (χ4n) is 2.04. The molecule has 0 spiro atoms. The van der Waals surface area contributed by atoms with Crippen LogP contribution in [0.4, 0.5) is 20.4 Å². The van der Waals surface area contributed by atoms with Crippen LogP contribution in [0.3, 0.4) is 0 Å². The predicted molar refractivity (Wildman–Crippen MR) is 69.0 cm³/mol. The Hall–Kier alpha value is -1.44. The van der Waals surface area contributed by atoms with Gasteiger partial charge in [0.2, 0.25) is 0 Å². The third kappa shape index (κ3) is 3.31. The van der Waals surface area contributed by atoms with Crippen molar-refractivity contribution in [3.05, 3.63) is 17.7 Å². The Bertz CT molecular complexity index is 578. The summed E-state index contributed by atoms with van der Waals surface area (Å²) in [6.45, 7) is 0.304. The lowest BCUT2D eigenvalue weighted by molar-refractivity contribution is 0.573. The van der Waals surface area contributed by atoms with Crippen molar-refractivity contribution in [3.63, 3.8) is 0 Å². The molecular formula is C11H15F2N3O2S. The molecule has 0 saturated carbocycles. The lowest BCUT2D eigenvalue weighted by atomic mass is 10.1. The second-order valence-electron chi connectivity index (χ2n) is 4.55. The minimum absolute atomic E-state index is 0.0528. The predicted octanol–water partition coefficient (Wildman–Crippen LogP) is 1.25. The van der Waals surface area contributed by atoms with Gasteiger partial charge in [0.25, 0.3) is 0 Å². The quantitative estimate of drug-likeness (QED) is 0.873. The van der Waals surface area contributed by atoms with E-state index in [-0.39, 0.29) is 29.1 Å². The number of nitrogens with one attached hydrogen (secondary N) is 2. The van der Waals surface area contributed by atoms with Crippen molar-refractivity contribution in [2.75, 3.05) is 35.7 Å². The first kappa shape index (κ1) is 14.0. The summed E-state index contributed by atoms with van der Waals surface area (Å²) in [6.07, 6.45) is 0.553. The molecule has 1 aromatic rings. The standard InChI is InChI=1S/C11H15F2N3O2S/c1-14-10-8(12)4-9(13)11(16-10)15-5-7-2-3-19(17,18)6-7/h4,7H,2-3,5-6H2,1H3,(H2,14,15,16). The van der Waals surface area contributed by atoms with Gasteiger partial charge in [0, 0.05) is 19.7 Å². The van der Waals surface area contributed by atoms with Gasteiger partial charge in [-0.05, 0) is 12.3 Å². The van der Waals surface area contributed by atoms with Crippen molar-refractivity contribution < 1.29 is 17.2 Å². The minimum atomic E-state index is -2.96. The molecule has 1 aliphatic rings. The number of pyridine rings is 1. The normalized spacial score (nSPS) is 21.3. The van der Waals surface area contributed by atoms with Gasteiger partial charge in [0.15, 0.2) is 33.1 Å². The monoisotopic (exact) mass is 291 g/mol. The lowest BCUT2D eigenvalue weighted by Gasteiger charge is -2.12. The lowest BCUT2D eigenvalue weighted by Crippen LogP contribution is -2.17. The zero-order chi connectivity index (χ0) is 14.0. The topological polar surface area (TPSA) is 71.1 Å². The van der Waals surface area contributed by atoms with E-state index in [1.807, 2.05) is 0 Å². The zero-order valence-corrected chi connectivity index (χ0v) is 11.2. The molecule has 106 valence electrons. The highest BCUT2D eigenvalue weighted by Crippen LogP contribution is 2.21. The van der Waals surface area contributed by atoms with Crippen LogP contribution < -0.4 is 10.6 Å². The first-order valence-corrected chi connectivity index (χ1v) is 7.71. The summed E-state index contributed by atoms with van der Waals surface area (Å²) in [4.78, 5) is 3.77. The molecular weight excluding hydrogens is 276 g/mol. The highest BCUT2D eigenvalue weighted by molar-refractivity contribution is 7.91. The molecule has 2 rings (SSSR count). The number of hydrogen-bond acceptors (Lipinski definition) is 5. The molecule has 0 amide bonds. The molecule has 19 heavy (non-hydrogen) atoms. The number of sulfone groups is 1. The minimum Gasteiger partial charge on any atom is -0.371 e.